The highest BCUT2D eigenvalue weighted by atomic mass is 79.9. The molecule has 0 radical (unpaired) electrons. The normalized spacial score (nSPS) is 18.4. The van der Waals surface area contributed by atoms with Gasteiger partial charge >= 0.3 is 0 Å². The molecule has 2 aliphatic carbocycles. The third kappa shape index (κ3) is 2.53. The third-order valence-corrected chi connectivity index (χ3v) is 5.64. The monoisotopic (exact) mass is 413 g/mol. The smallest absolute Gasteiger partial charge is 0.150 e. The van der Waals surface area contributed by atoms with E-state index in [1.165, 1.54) is 36.6 Å². The number of furan rings is 1. The van der Waals surface area contributed by atoms with Crippen molar-refractivity contribution in [1.82, 2.24) is 5.32 Å². The quantitative estimate of drug-likeness (QED) is 0.739. The fraction of sp³-hybridized carbons (Fsp3) is 0.500. The zero-order valence-electron chi connectivity index (χ0n) is 11.8. The summed E-state index contributed by atoms with van der Waals surface area (Å²) in [6, 6.07) is 2.65. The maximum absolute atomic E-state index is 6.19. The molecule has 2 aliphatic rings. The molecule has 4 rings (SSSR count). The fourth-order valence-electron chi connectivity index (χ4n) is 2.85. The Kier molecular flexibility index (Phi) is 3.55. The minimum atomic E-state index is 0.637. The molecule has 0 saturated heterocycles. The summed E-state index contributed by atoms with van der Waals surface area (Å²) in [5, 5.41) is 4.75. The number of ether oxygens (including phenoxy) is 1. The Bertz CT molecular complexity index is 702. The Labute approximate surface area is 140 Å². The van der Waals surface area contributed by atoms with Crippen LogP contribution in [0.4, 0.5) is 0 Å². The lowest BCUT2D eigenvalue weighted by atomic mass is 10.1. The van der Waals surface area contributed by atoms with Gasteiger partial charge in [0.25, 0.3) is 0 Å². The van der Waals surface area contributed by atoms with Crippen LogP contribution < -0.4 is 10.1 Å². The first-order valence-corrected chi connectivity index (χ1v) is 8.98. The first-order chi connectivity index (χ1) is 10.2. The molecule has 1 aromatic heterocycles. The molecule has 1 heterocycles. The van der Waals surface area contributed by atoms with Gasteiger partial charge in [-0.15, -0.1) is 0 Å². The summed E-state index contributed by atoms with van der Waals surface area (Å²) in [4.78, 5) is 0. The molecule has 3 nitrogen and oxygen atoms in total. The Hall–Kier alpha value is -0.520. The van der Waals surface area contributed by atoms with Gasteiger partial charge in [0.1, 0.15) is 17.1 Å². The van der Waals surface area contributed by atoms with Crippen LogP contribution in [-0.4, -0.2) is 13.2 Å². The Balaban J connectivity index is 1.86. The van der Waals surface area contributed by atoms with E-state index in [9.17, 15) is 0 Å². The number of halogens is 2. The molecule has 0 bridgehead atoms. The van der Waals surface area contributed by atoms with Crippen molar-refractivity contribution in [3.05, 3.63) is 26.3 Å². The summed E-state index contributed by atoms with van der Waals surface area (Å²) in [7, 11) is 1.70. The predicted molar refractivity (Wildman–Crippen MR) is 90.0 cm³/mol. The van der Waals surface area contributed by atoms with E-state index in [-0.39, 0.29) is 0 Å². The van der Waals surface area contributed by atoms with E-state index in [0.717, 1.165) is 32.6 Å². The van der Waals surface area contributed by atoms with Gasteiger partial charge in [-0.2, -0.15) is 0 Å². The van der Waals surface area contributed by atoms with Crippen LogP contribution in [0.5, 0.6) is 5.75 Å². The Morgan fingerprint density at radius 1 is 1.29 bits per heavy atom. The van der Waals surface area contributed by atoms with Crippen LogP contribution in [0.2, 0.25) is 0 Å². The molecule has 5 heteroatoms. The zero-order valence-corrected chi connectivity index (χ0v) is 15.0. The van der Waals surface area contributed by atoms with Crippen molar-refractivity contribution < 1.29 is 9.15 Å². The van der Waals surface area contributed by atoms with Gasteiger partial charge in [-0.1, -0.05) is 0 Å². The molecule has 112 valence electrons. The second-order valence-corrected chi connectivity index (χ2v) is 7.59. The molecule has 1 N–H and O–H groups in total. The van der Waals surface area contributed by atoms with Gasteiger partial charge in [-0.25, -0.2) is 0 Å². The molecular weight excluding hydrogens is 398 g/mol. The lowest BCUT2D eigenvalue weighted by Crippen LogP contribution is -2.15. The lowest BCUT2D eigenvalue weighted by molar-refractivity contribution is 0.412. The largest absolute Gasteiger partial charge is 0.496 e. The Morgan fingerprint density at radius 2 is 2.05 bits per heavy atom. The van der Waals surface area contributed by atoms with E-state index in [4.69, 9.17) is 9.15 Å². The lowest BCUT2D eigenvalue weighted by Gasteiger charge is -2.07. The summed E-state index contributed by atoms with van der Waals surface area (Å²) < 4.78 is 13.6. The SMILES string of the molecule is COc1cc(Br)c2oc(CNC3CC3)c(C3CC3)c2c1Br. The minimum Gasteiger partial charge on any atom is -0.496 e. The van der Waals surface area contributed by atoms with Crippen molar-refractivity contribution in [2.45, 2.75) is 44.2 Å². The molecule has 2 aromatic rings. The standard InChI is InChI=1S/C16H17Br2NO2/c1-20-11-6-10(17)16-14(15(11)18)13(8-2-3-8)12(21-16)7-19-9-4-5-9/h6,8-9,19H,2-5,7H2,1H3. The molecule has 2 saturated carbocycles. The van der Waals surface area contributed by atoms with E-state index in [1.807, 2.05) is 6.07 Å². The van der Waals surface area contributed by atoms with Crippen LogP contribution in [0.15, 0.2) is 19.4 Å². The van der Waals surface area contributed by atoms with E-state index < -0.39 is 0 Å². The van der Waals surface area contributed by atoms with Crippen LogP contribution in [0.3, 0.4) is 0 Å². The van der Waals surface area contributed by atoms with Crippen molar-refractivity contribution >= 4 is 42.8 Å². The summed E-state index contributed by atoms with van der Waals surface area (Å²) >= 11 is 7.32. The van der Waals surface area contributed by atoms with Crippen molar-refractivity contribution in [2.24, 2.45) is 0 Å². The average Bonchev–Trinajstić information content (AvgIpc) is 3.39. The second kappa shape index (κ2) is 5.28. The van der Waals surface area contributed by atoms with Crippen LogP contribution in [0.1, 0.15) is 42.9 Å². The molecule has 0 unspecified atom stereocenters. The number of hydrogen-bond donors (Lipinski definition) is 1. The maximum Gasteiger partial charge on any atom is 0.150 e. The van der Waals surface area contributed by atoms with Crippen molar-refractivity contribution in [3.8, 4) is 5.75 Å². The van der Waals surface area contributed by atoms with Crippen LogP contribution in [-0.2, 0) is 6.54 Å². The summed E-state index contributed by atoms with van der Waals surface area (Å²) in [6.07, 6.45) is 5.10. The third-order valence-electron chi connectivity index (χ3n) is 4.27. The van der Waals surface area contributed by atoms with Gasteiger partial charge in [0.15, 0.2) is 0 Å². The average molecular weight is 415 g/mol. The highest BCUT2D eigenvalue weighted by Gasteiger charge is 2.33. The number of benzene rings is 1. The van der Waals surface area contributed by atoms with Crippen molar-refractivity contribution in [3.63, 3.8) is 0 Å². The zero-order chi connectivity index (χ0) is 14.6. The molecule has 2 fully saturated rings. The van der Waals surface area contributed by atoms with Gasteiger partial charge in [0, 0.05) is 17.0 Å². The number of methoxy groups -OCH3 is 1. The predicted octanol–water partition coefficient (Wildman–Crippen LogP) is 5.10. The fourth-order valence-corrected chi connectivity index (χ4v) is 4.01. The number of rotatable bonds is 5. The molecule has 21 heavy (non-hydrogen) atoms. The van der Waals surface area contributed by atoms with Gasteiger partial charge in [-0.05, 0) is 69.5 Å². The molecule has 1 aromatic carbocycles. The van der Waals surface area contributed by atoms with Crippen LogP contribution in [0, 0.1) is 0 Å². The summed E-state index contributed by atoms with van der Waals surface area (Å²) in [5.74, 6) is 2.57. The first kappa shape index (κ1) is 14.1. The molecular formula is C16H17Br2NO2. The van der Waals surface area contributed by atoms with Crippen LogP contribution >= 0.6 is 31.9 Å². The molecule has 0 aliphatic heterocycles. The van der Waals surface area contributed by atoms with Gasteiger partial charge in [0.2, 0.25) is 0 Å². The van der Waals surface area contributed by atoms with Crippen molar-refractivity contribution in [1.29, 1.82) is 0 Å². The Morgan fingerprint density at radius 3 is 2.67 bits per heavy atom. The highest BCUT2D eigenvalue weighted by Crippen LogP contribution is 2.51. The van der Waals surface area contributed by atoms with Gasteiger partial charge in [-0.3, -0.25) is 0 Å². The van der Waals surface area contributed by atoms with Gasteiger partial charge in [0.05, 0.1) is 22.6 Å². The van der Waals surface area contributed by atoms with E-state index in [0.29, 0.717) is 12.0 Å². The molecule has 0 atom stereocenters. The second-order valence-electron chi connectivity index (χ2n) is 5.95. The van der Waals surface area contributed by atoms with E-state index in [2.05, 4.69) is 37.2 Å². The summed E-state index contributed by atoms with van der Waals surface area (Å²) in [6.45, 7) is 0.826. The minimum absolute atomic E-state index is 0.637. The number of hydrogen-bond acceptors (Lipinski definition) is 3. The van der Waals surface area contributed by atoms with Gasteiger partial charge < -0.3 is 14.5 Å². The van der Waals surface area contributed by atoms with Crippen molar-refractivity contribution in [2.75, 3.05) is 7.11 Å². The topological polar surface area (TPSA) is 34.4 Å². The van der Waals surface area contributed by atoms with Crippen LogP contribution in [0.25, 0.3) is 11.0 Å². The highest BCUT2D eigenvalue weighted by molar-refractivity contribution is 9.11. The first-order valence-electron chi connectivity index (χ1n) is 7.39. The van der Waals surface area contributed by atoms with E-state index >= 15 is 0 Å². The number of fused-ring (bicyclic) bond motifs is 1. The summed E-state index contributed by atoms with van der Waals surface area (Å²) in [5.41, 5.74) is 2.29. The maximum atomic E-state index is 6.19. The van der Waals surface area contributed by atoms with E-state index in [1.54, 1.807) is 7.11 Å². The molecule has 0 spiro atoms. The number of nitrogens with one attached hydrogen (secondary N) is 1. The molecule has 0 amide bonds.